The van der Waals surface area contributed by atoms with E-state index in [1.807, 2.05) is 20.8 Å². The predicted octanol–water partition coefficient (Wildman–Crippen LogP) is 0.651. The second kappa shape index (κ2) is 3.30. The molecular weight excluding hydrogens is 208 g/mol. The molecular formula is C11H16N2O3. The van der Waals surface area contributed by atoms with Gasteiger partial charge in [-0.2, -0.15) is 0 Å². The standard InChI is InChI=1S/C11H16N2O3/c1-5-4-6(2)11(7(5)3)8(14)12-10(16)13-9(11)15/h5-7H,4H2,1-3H3,(H2,12,13,14,15,16). The molecule has 2 fully saturated rings. The highest BCUT2D eigenvalue weighted by Crippen LogP contribution is 2.51. The largest absolute Gasteiger partial charge is 0.328 e. The first kappa shape index (κ1) is 11.1. The van der Waals surface area contributed by atoms with Gasteiger partial charge in [-0.15, -0.1) is 0 Å². The lowest BCUT2D eigenvalue weighted by Gasteiger charge is -2.37. The van der Waals surface area contributed by atoms with Crippen molar-refractivity contribution >= 4 is 17.8 Å². The van der Waals surface area contributed by atoms with Crippen molar-refractivity contribution in [1.82, 2.24) is 10.6 Å². The summed E-state index contributed by atoms with van der Waals surface area (Å²) in [6, 6.07) is -0.709. The lowest BCUT2D eigenvalue weighted by Crippen LogP contribution is -2.65. The fourth-order valence-corrected chi connectivity index (χ4v) is 3.25. The minimum Gasteiger partial charge on any atom is -0.277 e. The third-order valence-corrected chi connectivity index (χ3v) is 4.28. The Morgan fingerprint density at radius 2 is 1.56 bits per heavy atom. The zero-order valence-corrected chi connectivity index (χ0v) is 9.66. The molecule has 0 bridgehead atoms. The van der Waals surface area contributed by atoms with Crippen molar-refractivity contribution in [3.8, 4) is 0 Å². The molecule has 4 amide bonds. The highest BCUT2D eigenvalue weighted by Gasteiger charge is 2.62. The summed E-state index contributed by atoms with van der Waals surface area (Å²) in [7, 11) is 0. The van der Waals surface area contributed by atoms with E-state index in [2.05, 4.69) is 10.6 Å². The van der Waals surface area contributed by atoms with Gasteiger partial charge in [-0.05, 0) is 24.2 Å². The first-order valence-electron chi connectivity index (χ1n) is 5.57. The normalized spacial score (nSPS) is 37.4. The second-order valence-corrected chi connectivity index (χ2v) is 5.01. The molecule has 3 atom stereocenters. The summed E-state index contributed by atoms with van der Waals surface area (Å²) in [6.07, 6.45) is 0.830. The molecule has 1 aliphatic heterocycles. The highest BCUT2D eigenvalue weighted by atomic mass is 16.2. The Morgan fingerprint density at radius 3 is 1.94 bits per heavy atom. The summed E-state index contributed by atoms with van der Waals surface area (Å²) in [6.45, 7) is 5.84. The molecule has 3 unspecified atom stereocenters. The van der Waals surface area contributed by atoms with Crippen LogP contribution < -0.4 is 10.6 Å². The molecule has 1 heterocycles. The molecule has 1 saturated heterocycles. The van der Waals surface area contributed by atoms with Crippen LogP contribution in [0.25, 0.3) is 0 Å². The molecule has 2 aliphatic rings. The Kier molecular flexibility index (Phi) is 2.29. The van der Waals surface area contributed by atoms with Crippen LogP contribution >= 0.6 is 0 Å². The van der Waals surface area contributed by atoms with Crippen molar-refractivity contribution in [2.75, 3.05) is 0 Å². The Morgan fingerprint density at radius 1 is 1.06 bits per heavy atom. The van der Waals surface area contributed by atoms with Crippen LogP contribution in [0, 0.1) is 23.2 Å². The van der Waals surface area contributed by atoms with Crippen molar-refractivity contribution in [2.45, 2.75) is 27.2 Å². The summed E-state index contributed by atoms with van der Waals surface area (Å²) in [5.41, 5.74) is -1.06. The molecule has 2 rings (SSSR count). The summed E-state index contributed by atoms with van der Waals surface area (Å²) in [4.78, 5) is 35.1. The summed E-state index contributed by atoms with van der Waals surface area (Å²) in [5.74, 6) is -0.655. The molecule has 0 aromatic carbocycles. The van der Waals surface area contributed by atoms with Crippen LogP contribution in [-0.4, -0.2) is 17.8 Å². The Balaban J connectivity index is 2.46. The molecule has 1 saturated carbocycles. The molecule has 1 aliphatic carbocycles. The average Bonchev–Trinajstić information content (AvgIpc) is 2.36. The van der Waals surface area contributed by atoms with Crippen LogP contribution in [0.4, 0.5) is 4.79 Å². The van der Waals surface area contributed by atoms with Crippen LogP contribution in [0.5, 0.6) is 0 Å². The maximum absolute atomic E-state index is 12.0. The predicted molar refractivity (Wildman–Crippen MR) is 56.2 cm³/mol. The van der Waals surface area contributed by atoms with E-state index in [9.17, 15) is 14.4 Å². The van der Waals surface area contributed by atoms with Gasteiger partial charge in [-0.1, -0.05) is 20.8 Å². The molecule has 0 aromatic rings. The molecule has 0 radical (unpaired) electrons. The number of carbonyl (C=O) groups excluding carboxylic acids is 3. The van der Waals surface area contributed by atoms with Gasteiger partial charge in [0.2, 0.25) is 11.8 Å². The maximum Gasteiger partial charge on any atom is 0.328 e. The fraction of sp³-hybridized carbons (Fsp3) is 0.727. The third-order valence-electron chi connectivity index (χ3n) is 4.28. The third kappa shape index (κ3) is 1.14. The molecule has 16 heavy (non-hydrogen) atoms. The Labute approximate surface area is 94.0 Å². The van der Waals surface area contributed by atoms with E-state index in [1.165, 1.54) is 0 Å². The van der Waals surface area contributed by atoms with Crippen LogP contribution in [-0.2, 0) is 9.59 Å². The number of amides is 4. The Bertz CT molecular complexity index is 357. The van der Waals surface area contributed by atoms with Gasteiger partial charge in [0.15, 0.2) is 0 Å². The number of rotatable bonds is 0. The van der Waals surface area contributed by atoms with Crippen LogP contribution in [0.3, 0.4) is 0 Å². The minimum absolute atomic E-state index is 0.0365. The number of urea groups is 1. The van der Waals surface area contributed by atoms with E-state index < -0.39 is 23.3 Å². The van der Waals surface area contributed by atoms with Crippen molar-refractivity contribution in [3.63, 3.8) is 0 Å². The van der Waals surface area contributed by atoms with E-state index in [1.54, 1.807) is 0 Å². The minimum atomic E-state index is -1.06. The van der Waals surface area contributed by atoms with E-state index in [-0.39, 0.29) is 11.8 Å². The fourth-order valence-electron chi connectivity index (χ4n) is 3.25. The van der Waals surface area contributed by atoms with E-state index in [0.29, 0.717) is 5.92 Å². The maximum atomic E-state index is 12.0. The lowest BCUT2D eigenvalue weighted by atomic mass is 9.70. The van der Waals surface area contributed by atoms with Gasteiger partial charge in [0.25, 0.3) is 0 Å². The zero-order chi connectivity index (χ0) is 12.1. The van der Waals surface area contributed by atoms with Gasteiger partial charge < -0.3 is 0 Å². The number of carbonyl (C=O) groups is 3. The molecule has 5 heteroatoms. The van der Waals surface area contributed by atoms with Gasteiger partial charge in [0, 0.05) is 0 Å². The van der Waals surface area contributed by atoms with Crippen LogP contribution in [0.1, 0.15) is 27.2 Å². The van der Waals surface area contributed by atoms with Gasteiger partial charge in [0.05, 0.1) is 0 Å². The first-order valence-corrected chi connectivity index (χ1v) is 5.57. The number of hydrogen-bond acceptors (Lipinski definition) is 3. The number of nitrogens with one attached hydrogen (secondary N) is 2. The van der Waals surface area contributed by atoms with E-state index in [4.69, 9.17) is 0 Å². The zero-order valence-electron chi connectivity index (χ0n) is 9.66. The van der Waals surface area contributed by atoms with Crippen molar-refractivity contribution in [2.24, 2.45) is 23.2 Å². The molecule has 0 aromatic heterocycles. The highest BCUT2D eigenvalue weighted by molar-refractivity contribution is 6.19. The molecule has 88 valence electrons. The topological polar surface area (TPSA) is 75.3 Å². The molecule has 1 spiro atoms. The molecule has 2 N–H and O–H groups in total. The van der Waals surface area contributed by atoms with Crippen molar-refractivity contribution < 1.29 is 14.4 Å². The summed E-state index contributed by atoms with van der Waals surface area (Å²) in [5, 5.41) is 4.43. The van der Waals surface area contributed by atoms with Crippen molar-refractivity contribution in [1.29, 1.82) is 0 Å². The van der Waals surface area contributed by atoms with Gasteiger partial charge in [-0.25, -0.2) is 4.79 Å². The monoisotopic (exact) mass is 224 g/mol. The molecule has 5 nitrogen and oxygen atoms in total. The number of imide groups is 2. The average molecular weight is 224 g/mol. The lowest BCUT2D eigenvalue weighted by molar-refractivity contribution is -0.149. The van der Waals surface area contributed by atoms with E-state index in [0.717, 1.165) is 6.42 Å². The second-order valence-electron chi connectivity index (χ2n) is 5.01. The first-order chi connectivity index (χ1) is 7.40. The quantitative estimate of drug-likeness (QED) is 0.593. The van der Waals surface area contributed by atoms with Gasteiger partial charge in [0.1, 0.15) is 5.41 Å². The van der Waals surface area contributed by atoms with Crippen molar-refractivity contribution in [3.05, 3.63) is 0 Å². The number of hydrogen-bond donors (Lipinski definition) is 2. The van der Waals surface area contributed by atoms with Crippen LogP contribution in [0.15, 0.2) is 0 Å². The number of barbiturate groups is 1. The Hall–Kier alpha value is -1.39. The van der Waals surface area contributed by atoms with E-state index >= 15 is 0 Å². The van der Waals surface area contributed by atoms with Gasteiger partial charge >= 0.3 is 6.03 Å². The van der Waals surface area contributed by atoms with Gasteiger partial charge in [-0.3, -0.25) is 20.2 Å². The summed E-state index contributed by atoms with van der Waals surface area (Å²) >= 11 is 0. The summed E-state index contributed by atoms with van der Waals surface area (Å²) < 4.78 is 0. The SMILES string of the molecule is CC1CC(C)C2(C(=O)NC(=O)NC2=O)C1C. The van der Waals surface area contributed by atoms with Crippen LogP contribution in [0.2, 0.25) is 0 Å². The smallest absolute Gasteiger partial charge is 0.277 e.